The van der Waals surface area contributed by atoms with E-state index in [1.54, 1.807) is 37.3 Å². The normalized spacial score (nSPS) is 13.1. The van der Waals surface area contributed by atoms with Crippen molar-refractivity contribution in [3.05, 3.63) is 65.5 Å². The SMILES string of the molecule is Cc1ccc(S(=O)(=O)NC(CO)c2ccccc2)c(F)c1. The van der Waals surface area contributed by atoms with Crippen LogP contribution in [0.4, 0.5) is 4.39 Å². The van der Waals surface area contributed by atoms with Gasteiger partial charge in [0.2, 0.25) is 10.0 Å². The standard InChI is InChI=1S/C15H16FNO3S/c1-11-7-8-15(13(16)9-11)21(19,20)17-14(10-18)12-5-3-2-4-6-12/h2-9,14,17-18H,10H2,1H3. The smallest absolute Gasteiger partial charge is 0.244 e. The van der Waals surface area contributed by atoms with Crippen LogP contribution in [-0.2, 0) is 10.0 Å². The average Bonchev–Trinajstić information content (AvgIpc) is 2.45. The zero-order valence-electron chi connectivity index (χ0n) is 11.5. The highest BCUT2D eigenvalue weighted by molar-refractivity contribution is 7.89. The van der Waals surface area contributed by atoms with Crippen LogP contribution in [0.3, 0.4) is 0 Å². The maximum Gasteiger partial charge on any atom is 0.244 e. The first-order valence-corrected chi connectivity index (χ1v) is 7.86. The fourth-order valence-electron chi connectivity index (χ4n) is 1.97. The monoisotopic (exact) mass is 309 g/mol. The summed E-state index contributed by atoms with van der Waals surface area (Å²) in [5.41, 5.74) is 1.24. The van der Waals surface area contributed by atoms with E-state index in [4.69, 9.17) is 0 Å². The molecule has 2 aromatic rings. The van der Waals surface area contributed by atoms with E-state index >= 15 is 0 Å². The van der Waals surface area contributed by atoms with Crippen molar-refractivity contribution in [2.45, 2.75) is 17.9 Å². The highest BCUT2D eigenvalue weighted by Gasteiger charge is 2.23. The van der Waals surface area contributed by atoms with Gasteiger partial charge in [0, 0.05) is 0 Å². The summed E-state index contributed by atoms with van der Waals surface area (Å²) in [4.78, 5) is -0.428. The largest absolute Gasteiger partial charge is 0.394 e. The highest BCUT2D eigenvalue weighted by atomic mass is 32.2. The number of hydrogen-bond donors (Lipinski definition) is 2. The van der Waals surface area contributed by atoms with Gasteiger partial charge in [0.05, 0.1) is 12.6 Å². The van der Waals surface area contributed by atoms with Crippen molar-refractivity contribution in [2.75, 3.05) is 6.61 Å². The molecule has 2 aromatic carbocycles. The molecule has 0 bridgehead atoms. The van der Waals surface area contributed by atoms with Gasteiger partial charge >= 0.3 is 0 Å². The van der Waals surface area contributed by atoms with Crippen molar-refractivity contribution < 1.29 is 17.9 Å². The Kier molecular flexibility index (Phi) is 4.72. The average molecular weight is 309 g/mol. The molecule has 0 spiro atoms. The zero-order chi connectivity index (χ0) is 15.5. The van der Waals surface area contributed by atoms with Crippen LogP contribution in [0.2, 0.25) is 0 Å². The third kappa shape index (κ3) is 3.66. The maximum atomic E-state index is 13.8. The van der Waals surface area contributed by atoms with Gasteiger partial charge in [-0.3, -0.25) is 0 Å². The minimum atomic E-state index is -4.05. The van der Waals surface area contributed by atoms with Gasteiger partial charge in [0.25, 0.3) is 0 Å². The summed E-state index contributed by atoms with van der Waals surface area (Å²) in [6, 6.07) is 11.7. The van der Waals surface area contributed by atoms with Crippen LogP contribution >= 0.6 is 0 Å². The number of halogens is 1. The Morgan fingerprint density at radius 3 is 2.43 bits per heavy atom. The molecule has 4 nitrogen and oxygen atoms in total. The highest BCUT2D eigenvalue weighted by Crippen LogP contribution is 2.19. The lowest BCUT2D eigenvalue weighted by atomic mass is 10.1. The quantitative estimate of drug-likeness (QED) is 0.889. The maximum absolute atomic E-state index is 13.8. The molecule has 0 aliphatic rings. The number of nitrogens with one attached hydrogen (secondary N) is 1. The number of benzene rings is 2. The van der Waals surface area contributed by atoms with Gasteiger partial charge in [0.1, 0.15) is 10.7 Å². The van der Waals surface area contributed by atoms with Crippen molar-refractivity contribution in [3.63, 3.8) is 0 Å². The van der Waals surface area contributed by atoms with E-state index in [2.05, 4.69) is 4.72 Å². The molecule has 0 radical (unpaired) electrons. The minimum Gasteiger partial charge on any atom is -0.394 e. The fourth-order valence-corrected chi connectivity index (χ4v) is 3.25. The Balaban J connectivity index is 2.32. The summed E-state index contributed by atoms with van der Waals surface area (Å²) in [5.74, 6) is -0.813. The lowest BCUT2D eigenvalue weighted by molar-refractivity contribution is 0.258. The van der Waals surface area contributed by atoms with Gasteiger partial charge in [-0.25, -0.2) is 17.5 Å². The molecular weight excluding hydrogens is 293 g/mol. The van der Waals surface area contributed by atoms with Gasteiger partial charge in [-0.1, -0.05) is 36.4 Å². The van der Waals surface area contributed by atoms with Crippen LogP contribution in [0.5, 0.6) is 0 Å². The van der Waals surface area contributed by atoms with E-state index in [-0.39, 0.29) is 0 Å². The molecule has 1 atom stereocenters. The molecule has 0 heterocycles. The van der Waals surface area contributed by atoms with E-state index < -0.39 is 33.4 Å². The summed E-state index contributed by atoms with van der Waals surface area (Å²) < 4.78 is 40.6. The number of aliphatic hydroxyl groups excluding tert-OH is 1. The molecule has 0 aromatic heterocycles. The van der Waals surface area contributed by atoms with Crippen LogP contribution in [0.15, 0.2) is 53.4 Å². The Labute approximate surface area is 123 Å². The van der Waals surface area contributed by atoms with Gasteiger partial charge in [-0.15, -0.1) is 0 Å². The first-order chi connectivity index (χ1) is 9.94. The van der Waals surface area contributed by atoms with Crippen molar-refractivity contribution in [1.29, 1.82) is 0 Å². The predicted octanol–water partition coefficient (Wildman–Crippen LogP) is 2.15. The van der Waals surface area contributed by atoms with Gasteiger partial charge in [-0.05, 0) is 30.2 Å². The molecule has 112 valence electrons. The van der Waals surface area contributed by atoms with E-state index in [1.165, 1.54) is 12.1 Å². The first-order valence-electron chi connectivity index (χ1n) is 6.38. The molecule has 21 heavy (non-hydrogen) atoms. The van der Waals surface area contributed by atoms with Gasteiger partial charge < -0.3 is 5.11 Å². The summed E-state index contributed by atoms with van der Waals surface area (Å²) in [5, 5.41) is 9.38. The molecule has 0 aliphatic heterocycles. The van der Waals surface area contributed by atoms with E-state index in [1.807, 2.05) is 0 Å². The number of rotatable bonds is 5. The summed E-state index contributed by atoms with van der Waals surface area (Å²) in [6.45, 7) is 1.25. The lowest BCUT2D eigenvalue weighted by Gasteiger charge is -2.17. The molecule has 0 fully saturated rings. The Hall–Kier alpha value is -1.76. The van der Waals surface area contributed by atoms with Crippen molar-refractivity contribution in [1.82, 2.24) is 4.72 Å². The number of sulfonamides is 1. The second-order valence-electron chi connectivity index (χ2n) is 4.70. The topological polar surface area (TPSA) is 66.4 Å². The fraction of sp³-hybridized carbons (Fsp3) is 0.200. The van der Waals surface area contributed by atoms with E-state index in [0.717, 1.165) is 6.07 Å². The second kappa shape index (κ2) is 6.34. The number of aliphatic hydroxyl groups is 1. The van der Waals surface area contributed by atoms with Crippen LogP contribution in [0.25, 0.3) is 0 Å². The van der Waals surface area contributed by atoms with Gasteiger partial charge in [0.15, 0.2) is 0 Å². The molecular formula is C15H16FNO3S. The van der Waals surface area contributed by atoms with Gasteiger partial charge in [-0.2, -0.15) is 0 Å². The van der Waals surface area contributed by atoms with Crippen LogP contribution in [-0.4, -0.2) is 20.1 Å². The molecule has 2 rings (SSSR count). The molecule has 6 heteroatoms. The lowest BCUT2D eigenvalue weighted by Crippen LogP contribution is -2.31. The number of aryl methyl sites for hydroxylation is 1. The molecule has 2 N–H and O–H groups in total. The van der Waals surface area contributed by atoms with Crippen LogP contribution in [0.1, 0.15) is 17.2 Å². The molecule has 0 amide bonds. The zero-order valence-corrected chi connectivity index (χ0v) is 12.3. The molecule has 1 unspecified atom stereocenters. The Morgan fingerprint density at radius 2 is 1.86 bits per heavy atom. The Bertz CT molecular complexity index is 717. The van der Waals surface area contributed by atoms with E-state index in [0.29, 0.717) is 11.1 Å². The van der Waals surface area contributed by atoms with Crippen molar-refractivity contribution in [3.8, 4) is 0 Å². The van der Waals surface area contributed by atoms with Crippen molar-refractivity contribution in [2.24, 2.45) is 0 Å². The number of hydrogen-bond acceptors (Lipinski definition) is 3. The summed E-state index contributed by atoms with van der Waals surface area (Å²) in [7, 11) is -4.05. The Morgan fingerprint density at radius 1 is 1.19 bits per heavy atom. The summed E-state index contributed by atoms with van der Waals surface area (Å²) >= 11 is 0. The molecule has 0 aliphatic carbocycles. The second-order valence-corrected chi connectivity index (χ2v) is 6.38. The van der Waals surface area contributed by atoms with E-state index in [9.17, 15) is 17.9 Å². The third-order valence-corrected chi connectivity index (χ3v) is 4.56. The van der Waals surface area contributed by atoms with Crippen LogP contribution in [0, 0.1) is 12.7 Å². The first kappa shape index (κ1) is 15.6. The van der Waals surface area contributed by atoms with Crippen LogP contribution < -0.4 is 4.72 Å². The minimum absolute atomic E-state index is 0.420. The summed E-state index contributed by atoms with van der Waals surface area (Å²) in [6.07, 6.45) is 0. The molecule has 0 saturated heterocycles. The predicted molar refractivity (Wildman–Crippen MR) is 77.7 cm³/mol. The third-order valence-electron chi connectivity index (χ3n) is 3.06. The van der Waals surface area contributed by atoms with Crippen molar-refractivity contribution >= 4 is 10.0 Å². The molecule has 0 saturated carbocycles.